The third kappa shape index (κ3) is 7.26. The molecule has 0 radical (unpaired) electrons. The van der Waals surface area contributed by atoms with Crippen LogP contribution in [-0.2, 0) is 9.59 Å². The molecule has 0 aliphatic carbocycles. The Kier molecular flexibility index (Phi) is 7.60. The third-order valence-electron chi connectivity index (χ3n) is 3.06. The SMILES string of the molecule is CCC(CCC(CC)CC(=O)O)CC(=O)O. The maximum atomic E-state index is 10.6. The van der Waals surface area contributed by atoms with E-state index >= 15 is 0 Å². The van der Waals surface area contributed by atoms with E-state index in [9.17, 15) is 9.59 Å². The van der Waals surface area contributed by atoms with Crippen LogP contribution in [0.4, 0.5) is 0 Å². The zero-order valence-electron chi connectivity index (χ0n) is 10.1. The fourth-order valence-electron chi connectivity index (χ4n) is 1.87. The number of carboxylic acid groups (broad SMARTS) is 2. The predicted molar refractivity (Wildman–Crippen MR) is 61.3 cm³/mol. The van der Waals surface area contributed by atoms with Gasteiger partial charge in [0.05, 0.1) is 0 Å². The maximum Gasteiger partial charge on any atom is 0.303 e. The highest BCUT2D eigenvalue weighted by Gasteiger charge is 2.16. The van der Waals surface area contributed by atoms with Crippen molar-refractivity contribution < 1.29 is 19.8 Å². The summed E-state index contributed by atoms with van der Waals surface area (Å²) in [6, 6.07) is 0. The van der Waals surface area contributed by atoms with E-state index in [1.54, 1.807) is 0 Å². The molecule has 0 spiro atoms. The molecule has 0 bridgehead atoms. The van der Waals surface area contributed by atoms with Gasteiger partial charge >= 0.3 is 11.9 Å². The van der Waals surface area contributed by atoms with Crippen molar-refractivity contribution in [3.8, 4) is 0 Å². The Bertz CT molecular complexity index is 201. The van der Waals surface area contributed by atoms with Gasteiger partial charge in [-0.15, -0.1) is 0 Å². The second-order valence-electron chi connectivity index (χ2n) is 4.32. The molecule has 0 aromatic heterocycles. The number of rotatable bonds is 9. The van der Waals surface area contributed by atoms with Gasteiger partial charge in [-0.25, -0.2) is 0 Å². The zero-order chi connectivity index (χ0) is 12.6. The van der Waals surface area contributed by atoms with Gasteiger partial charge < -0.3 is 10.2 Å². The molecule has 0 saturated carbocycles. The van der Waals surface area contributed by atoms with Crippen molar-refractivity contribution in [2.24, 2.45) is 11.8 Å². The highest BCUT2D eigenvalue weighted by atomic mass is 16.4. The molecule has 16 heavy (non-hydrogen) atoms. The Morgan fingerprint density at radius 1 is 0.875 bits per heavy atom. The number of aliphatic carboxylic acids is 2. The minimum absolute atomic E-state index is 0.181. The molecule has 2 atom stereocenters. The fourth-order valence-corrected chi connectivity index (χ4v) is 1.87. The predicted octanol–water partition coefficient (Wildman–Crippen LogP) is 2.77. The number of hydrogen-bond donors (Lipinski definition) is 2. The largest absolute Gasteiger partial charge is 0.481 e. The van der Waals surface area contributed by atoms with Crippen LogP contribution in [0.25, 0.3) is 0 Å². The van der Waals surface area contributed by atoms with E-state index in [0.717, 1.165) is 25.7 Å². The minimum atomic E-state index is -0.766. The number of hydrogen-bond acceptors (Lipinski definition) is 2. The molecule has 4 nitrogen and oxygen atoms in total. The molecule has 2 unspecified atom stereocenters. The van der Waals surface area contributed by atoms with Crippen LogP contribution in [0.2, 0.25) is 0 Å². The Balaban J connectivity index is 3.96. The second-order valence-corrected chi connectivity index (χ2v) is 4.32. The molecule has 0 heterocycles. The van der Waals surface area contributed by atoms with Gasteiger partial charge in [0.15, 0.2) is 0 Å². The monoisotopic (exact) mass is 230 g/mol. The second kappa shape index (κ2) is 8.13. The summed E-state index contributed by atoms with van der Waals surface area (Å²) in [6.07, 6.45) is 3.70. The molecular formula is C12H22O4. The van der Waals surface area contributed by atoms with Crippen LogP contribution in [0.5, 0.6) is 0 Å². The quantitative estimate of drug-likeness (QED) is 0.638. The van der Waals surface area contributed by atoms with E-state index < -0.39 is 11.9 Å². The first-order valence-electron chi connectivity index (χ1n) is 5.93. The molecule has 4 heteroatoms. The molecule has 0 saturated heterocycles. The van der Waals surface area contributed by atoms with Crippen LogP contribution < -0.4 is 0 Å². The molecule has 0 aliphatic heterocycles. The Labute approximate surface area is 96.7 Å². The van der Waals surface area contributed by atoms with Gasteiger partial charge in [-0.05, 0) is 24.7 Å². The number of carboxylic acids is 2. The maximum absolute atomic E-state index is 10.6. The molecule has 0 rings (SSSR count). The normalized spacial score (nSPS) is 14.4. The summed E-state index contributed by atoms with van der Waals surface area (Å²) in [5.41, 5.74) is 0. The molecule has 0 amide bonds. The van der Waals surface area contributed by atoms with Crippen molar-refractivity contribution in [1.82, 2.24) is 0 Å². The van der Waals surface area contributed by atoms with Crippen LogP contribution in [0.15, 0.2) is 0 Å². The summed E-state index contributed by atoms with van der Waals surface area (Å²) in [4.78, 5) is 21.1. The van der Waals surface area contributed by atoms with Crippen LogP contribution in [0.1, 0.15) is 52.4 Å². The topological polar surface area (TPSA) is 74.6 Å². The van der Waals surface area contributed by atoms with Gasteiger partial charge in [0.1, 0.15) is 0 Å². The van der Waals surface area contributed by atoms with E-state index in [1.165, 1.54) is 0 Å². The van der Waals surface area contributed by atoms with Crippen LogP contribution in [0, 0.1) is 11.8 Å². The van der Waals surface area contributed by atoms with E-state index in [2.05, 4.69) is 0 Å². The van der Waals surface area contributed by atoms with Crippen LogP contribution in [0.3, 0.4) is 0 Å². The smallest absolute Gasteiger partial charge is 0.303 e. The summed E-state index contributed by atoms with van der Waals surface area (Å²) in [7, 11) is 0. The summed E-state index contributed by atoms with van der Waals surface area (Å²) >= 11 is 0. The third-order valence-corrected chi connectivity index (χ3v) is 3.06. The zero-order valence-corrected chi connectivity index (χ0v) is 10.1. The summed E-state index contributed by atoms with van der Waals surface area (Å²) < 4.78 is 0. The lowest BCUT2D eigenvalue weighted by Crippen LogP contribution is -2.11. The van der Waals surface area contributed by atoms with Gasteiger partial charge in [0.2, 0.25) is 0 Å². The van der Waals surface area contributed by atoms with Gasteiger partial charge in [-0.3, -0.25) is 9.59 Å². The highest BCUT2D eigenvalue weighted by molar-refractivity contribution is 5.67. The van der Waals surface area contributed by atoms with Gasteiger partial charge in [0.25, 0.3) is 0 Å². The van der Waals surface area contributed by atoms with E-state index in [1.807, 2.05) is 13.8 Å². The molecule has 0 fully saturated rings. The lowest BCUT2D eigenvalue weighted by molar-refractivity contribution is -0.139. The van der Waals surface area contributed by atoms with E-state index in [4.69, 9.17) is 10.2 Å². The van der Waals surface area contributed by atoms with Crippen LogP contribution >= 0.6 is 0 Å². The summed E-state index contributed by atoms with van der Waals surface area (Å²) in [5.74, 6) is -1.17. The number of carbonyl (C=O) groups is 2. The highest BCUT2D eigenvalue weighted by Crippen LogP contribution is 2.22. The van der Waals surface area contributed by atoms with Crippen molar-refractivity contribution in [3.63, 3.8) is 0 Å². The summed E-state index contributed by atoms with van der Waals surface area (Å²) in [6.45, 7) is 3.96. The van der Waals surface area contributed by atoms with E-state index in [0.29, 0.717) is 0 Å². The van der Waals surface area contributed by atoms with Crippen molar-refractivity contribution in [1.29, 1.82) is 0 Å². The first-order valence-corrected chi connectivity index (χ1v) is 5.93. The molecule has 0 aromatic rings. The Morgan fingerprint density at radius 3 is 1.38 bits per heavy atom. The first kappa shape index (κ1) is 14.9. The average Bonchev–Trinajstić information content (AvgIpc) is 2.20. The van der Waals surface area contributed by atoms with Crippen molar-refractivity contribution in [2.75, 3.05) is 0 Å². The van der Waals surface area contributed by atoms with Crippen molar-refractivity contribution in [3.05, 3.63) is 0 Å². The molecular weight excluding hydrogens is 208 g/mol. The van der Waals surface area contributed by atoms with Gasteiger partial charge in [-0.1, -0.05) is 26.7 Å². The molecule has 94 valence electrons. The molecule has 0 aliphatic rings. The Hall–Kier alpha value is -1.06. The summed E-state index contributed by atoms with van der Waals surface area (Å²) in [5, 5.41) is 17.4. The van der Waals surface area contributed by atoms with E-state index in [-0.39, 0.29) is 24.7 Å². The molecule has 2 N–H and O–H groups in total. The van der Waals surface area contributed by atoms with Crippen molar-refractivity contribution in [2.45, 2.75) is 52.4 Å². The molecule has 0 aromatic carbocycles. The van der Waals surface area contributed by atoms with Gasteiger partial charge in [0, 0.05) is 12.8 Å². The first-order chi connectivity index (χ1) is 7.49. The lowest BCUT2D eigenvalue weighted by Gasteiger charge is -2.16. The average molecular weight is 230 g/mol. The standard InChI is InChI=1S/C12H22O4/c1-3-9(7-11(13)14)5-6-10(4-2)8-12(15)16/h9-10H,3-8H2,1-2H3,(H,13,14)(H,15,16). The minimum Gasteiger partial charge on any atom is -0.481 e. The Morgan fingerprint density at radius 2 is 1.19 bits per heavy atom. The lowest BCUT2D eigenvalue weighted by atomic mass is 9.89. The van der Waals surface area contributed by atoms with Crippen LogP contribution in [-0.4, -0.2) is 22.2 Å². The van der Waals surface area contributed by atoms with Crippen molar-refractivity contribution >= 4 is 11.9 Å². The fraction of sp³-hybridized carbons (Fsp3) is 0.833. The van der Waals surface area contributed by atoms with Gasteiger partial charge in [-0.2, -0.15) is 0 Å².